The Hall–Kier alpha value is -3.09. The summed E-state index contributed by atoms with van der Waals surface area (Å²) in [5.41, 5.74) is 0.402. The second-order valence-corrected chi connectivity index (χ2v) is 5.11. The highest BCUT2D eigenvalue weighted by molar-refractivity contribution is 5.98. The molecule has 2 aromatic rings. The van der Waals surface area contributed by atoms with Gasteiger partial charge in [-0.05, 0) is 37.3 Å². The van der Waals surface area contributed by atoms with Crippen molar-refractivity contribution in [2.45, 2.75) is 13.0 Å². The summed E-state index contributed by atoms with van der Waals surface area (Å²) in [5.74, 6) is -0.956. The standard InChI is InChI=1S/C18H18FNO5/c1-11(25-18(22)12-5-4-6-13(19)9-12)17(21)20-15-10-14(23-2)7-8-16(15)24-3/h4-11H,1-3H3,(H,20,21)/t11-/m1/s1. The van der Waals surface area contributed by atoms with E-state index in [1.165, 1.54) is 39.3 Å². The van der Waals surface area contributed by atoms with Gasteiger partial charge in [-0.1, -0.05) is 6.07 Å². The molecule has 0 bridgehead atoms. The van der Waals surface area contributed by atoms with Crippen LogP contribution in [0.1, 0.15) is 17.3 Å². The Morgan fingerprint density at radius 2 is 1.84 bits per heavy atom. The van der Waals surface area contributed by atoms with Crippen molar-refractivity contribution in [2.75, 3.05) is 19.5 Å². The number of amides is 1. The highest BCUT2D eigenvalue weighted by Crippen LogP contribution is 2.29. The first-order valence-corrected chi connectivity index (χ1v) is 7.44. The molecule has 0 aliphatic rings. The number of hydrogen-bond donors (Lipinski definition) is 1. The summed E-state index contributed by atoms with van der Waals surface area (Å²) in [5, 5.41) is 2.61. The van der Waals surface area contributed by atoms with Gasteiger partial charge in [0.1, 0.15) is 17.3 Å². The van der Waals surface area contributed by atoms with Gasteiger partial charge in [0.05, 0.1) is 25.5 Å². The maximum atomic E-state index is 13.2. The second-order valence-electron chi connectivity index (χ2n) is 5.11. The third kappa shape index (κ3) is 4.69. The fourth-order valence-corrected chi connectivity index (χ4v) is 2.04. The molecule has 0 saturated carbocycles. The van der Waals surface area contributed by atoms with Gasteiger partial charge in [-0.25, -0.2) is 9.18 Å². The average molecular weight is 347 g/mol. The number of halogens is 1. The van der Waals surface area contributed by atoms with E-state index in [4.69, 9.17) is 14.2 Å². The Morgan fingerprint density at radius 1 is 1.08 bits per heavy atom. The lowest BCUT2D eigenvalue weighted by molar-refractivity contribution is -0.123. The predicted molar refractivity (Wildman–Crippen MR) is 89.5 cm³/mol. The fourth-order valence-electron chi connectivity index (χ4n) is 2.04. The van der Waals surface area contributed by atoms with Gasteiger partial charge in [0.2, 0.25) is 0 Å². The molecule has 2 rings (SSSR count). The van der Waals surface area contributed by atoms with Crippen LogP contribution >= 0.6 is 0 Å². The van der Waals surface area contributed by atoms with Gasteiger partial charge in [-0.3, -0.25) is 4.79 Å². The number of carbonyl (C=O) groups excluding carboxylic acids is 2. The lowest BCUT2D eigenvalue weighted by Crippen LogP contribution is -2.30. The van der Waals surface area contributed by atoms with Crippen LogP contribution in [0.2, 0.25) is 0 Å². The summed E-state index contributed by atoms with van der Waals surface area (Å²) in [6.45, 7) is 1.42. The zero-order valence-corrected chi connectivity index (χ0v) is 14.0. The first-order valence-electron chi connectivity index (χ1n) is 7.44. The van der Waals surface area contributed by atoms with Crippen molar-refractivity contribution in [3.63, 3.8) is 0 Å². The van der Waals surface area contributed by atoms with Crippen molar-refractivity contribution in [2.24, 2.45) is 0 Å². The number of nitrogens with one attached hydrogen (secondary N) is 1. The van der Waals surface area contributed by atoms with E-state index in [1.54, 1.807) is 18.2 Å². The van der Waals surface area contributed by atoms with Gasteiger partial charge < -0.3 is 19.5 Å². The topological polar surface area (TPSA) is 73.9 Å². The Morgan fingerprint density at radius 3 is 2.48 bits per heavy atom. The largest absolute Gasteiger partial charge is 0.497 e. The molecule has 7 heteroatoms. The van der Waals surface area contributed by atoms with Crippen LogP contribution in [-0.4, -0.2) is 32.2 Å². The van der Waals surface area contributed by atoms with Crippen molar-refractivity contribution in [3.8, 4) is 11.5 Å². The molecule has 1 atom stereocenters. The van der Waals surface area contributed by atoms with Crippen LogP contribution in [0.4, 0.5) is 10.1 Å². The average Bonchev–Trinajstić information content (AvgIpc) is 2.61. The van der Waals surface area contributed by atoms with Gasteiger partial charge in [0, 0.05) is 6.07 Å². The van der Waals surface area contributed by atoms with E-state index < -0.39 is 23.8 Å². The van der Waals surface area contributed by atoms with Crippen LogP contribution in [-0.2, 0) is 9.53 Å². The number of rotatable bonds is 6. The Balaban J connectivity index is 2.06. The van der Waals surface area contributed by atoms with E-state index in [1.807, 2.05) is 0 Å². The Kier molecular flexibility index (Phi) is 5.94. The summed E-state index contributed by atoms with van der Waals surface area (Å²) < 4.78 is 28.5. The van der Waals surface area contributed by atoms with Crippen molar-refractivity contribution >= 4 is 17.6 Å². The van der Waals surface area contributed by atoms with E-state index in [0.717, 1.165) is 6.07 Å². The van der Waals surface area contributed by atoms with E-state index >= 15 is 0 Å². The minimum Gasteiger partial charge on any atom is -0.497 e. The number of benzene rings is 2. The first-order chi connectivity index (χ1) is 11.9. The lowest BCUT2D eigenvalue weighted by Gasteiger charge is -2.16. The molecular formula is C18H18FNO5. The molecule has 2 aromatic carbocycles. The minimum absolute atomic E-state index is 0.0265. The third-order valence-electron chi connectivity index (χ3n) is 3.38. The maximum absolute atomic E-state index is 13.2. The molecule has 0 aliphatic heterocycles. The summed E-state index contributed by atoms with van der Waals surface area (Å²) in [6.07, 6.45) is -1.09. The molecule has 25 heavy (non-hydrogen) atoms. The van der Waals surface area contributed by atoms with Crippen LogP contribution in [0.3, 0.4) is 0 Å². The molecular weight excluding hydrogens is 329 g/mol. The van der Waals surface area contributed by atoms with Gasteiger partial charge >= 0.3 is 5.97 Å². The van der Waals surface area contributed by atoms with Crippen molar-refractivity contribution in [3.05, 3.63) is 53.8 Å². The summed E-state index contributed by atoms with van der Waals surface area (Å²) >= 11 is 0. The quantitative estimate of drug-likeness (QED) is 0.813. The van der Waals surface area contributed by atoms with Crippen LogP contribution < -0.4 is 14.8 Å². The number of methoxy groups -OCH3 is 2. The van der Waals surface area contributed by atoms with Gasteiger partial charge in [-0.2, -0.15) is 0 Å². The molecule has 6 nitrogen and oxygen atoms in total. The highest BCUT2D eigenvalue weighted by atomic mass is 19.1. The minimum atomic E-state index is -1.09. The van der Waals surface area contributed by atoms with E-state index in [2.05, 4.69) is 5.32 Å². The SMILES string of the molecule is COc1ccc(OC)c(NC(=O)[C@@H](C)OC(=O)c2cccc(F)c2)c1. The van der Waals surface area contributed by atoms with Crippen LogP contribution in [0, 0.1) is 5.82 Å². The Bertz CT molecular complexity index is 778. The first kappa shape index (κ1) is 18.3. The summed E-state index contributed by atoms with van der Waals surface area (Å²) in [7, 11) is 2.96. The fraction of sp³-hybridized carbons (Fsp3) is 0.222. The molecule has 0 spiro atoms. The van der Waals surface area contributed by atoms with Crippen LogP contribution in [0.25, 0.3) is 0 Å². The van der Waals surface area contributed by atoms with Crippen molar-refractivity contribution in [1.29, 1.82) is 0 Å². The normalized spacial score (nSPS) is 11.4. The van der Waals surface area contributed by atoms with Gasteiger partial charge in [-0.15, -0.1) is 0 Å². The lowest BCUT2D eigenvalue weighted by atomic mass is 10.2. The molecule has 1 N–H and O–H groups in total. The van der Waals surface area contributed by atoms with Gasteiger partial charge in [0.25, 0.3) is 5.91 Å². The molecule has 132 valence electrons. The Labute approximate surface area is 144 Å². The number of esters is 1. The molecule has 1 amide bonds. The molecule has 0 saturated heterocycles. The summed E-state index contributed by atoms with van der Waals surface area (Å²) in [4.78, 5) is 24.2. The zero-order valence-electron chi connectivity index (χ0n) is 14.0. The molecule has 0 heterocycles. The van der Waals surface area contributed by atoms with Crippen LogP contribution in [0.15, 0.2) is 42.5 Å². The van der Waals surface area contributed by atoms with E-state index in [0.29, 0.717) is 17.2 Å². The molecule has 0 aliphatic carbocycles. The number of hydrogen-bond acceptors (Lipinski definition) is 5. The third-order valence-corrected chi connectivity index (χ3v) is 3.38. The van der Waals surface area contributed by atoms with Crippen LogP contribution in [0.5, 0.6) is 11.5 Å². The number of carbonyl (C=O) groups is 2. The molecule has 0 aromatic heterocycles. The smallest absolute Gasteiger partial charge is 0.339 e. The molecule has 0 unspecified atom stereocenters. The highest BCUT2D eigenvalue weighted by Gasteiger charge is 2.20. The van der Waals surface area contributed by atoms with E-state index in [-0.39, 0.29) is 5.56 Å². The maximum Gasteiger partial charge on any atom is 0.339 e. The van der Waals surface area contributed by atoms with Crippen molar-refractivity contribution < 1.29 is 28.2 Å². The molecule has 0 fully saturated rings. The van der Waals surface area contributed by atoms with Crippen molar-refractivity contribution in [1.82, 2.24) is 0 Å². The predicted octanol–water partition coefficient (Wildman–Crippen LogP) is 3.03. The number of anilines is 1. The van der Waals surface area contributed by atoms with Gasteiger partial charge in [0.15, 0.2) is 6.10 Å². The summed E-state index contributed by atoms with van der Waals surface area (Å²) in [6, 6.07) is 9.94. The zero-order chi connectivity index (χ0) is 18.4. The molecule has 0 radical (unpaired) electrons. The van der Waals surface area contributed by atoms with E-state index in [9.17, 15) is 14.0 Å². The second kappa shape index (κ2) is 8.14. The monoisotopic (exact) mass is 347 g/mol. The number of ether oxygens (including phenoxy) is 3.